The van der Waals surface area contributed by atoms with Gasteiger partial charge in [-0.05, 0) is 42.7 Å². The largest absolute Gasteiger partial charge is 0.395 e. The van der Waals surface area contributed by atoms with Crippen LogP contribution in [0.4, 0.5) is 4.39 Å². The van der Waals surface area contributed by atoms with E-state index >= 15 is 0 Å². The molecule has 2 heterocycles. The lowest BCUT2D eigenvalue weighted by atomic mass is 10.1. The quantitative estimate of drug-likeness (QED) is 0.928. The van der Waals surface area contributed by atoms with Gasteiger partial charge in [-0.2, -0.15) is 4.31 Å². The number of hydrogen-bond acceptors (Lipinski definition) is 4. The predicted octanol–water partition coefficient (Wildman–Crippen LogP) is 2.11. The highest BCUT2D eigenvalue weighted by molar-refractivity contribution is 7.89. The second-order valence-corrected chi connectivity index (χ2v) is 7.35. The lowest BCUT2D eigenvalue weighted by molar-refractivity contribution is 0.197. The molecule has 1 fully saturated rings. The Hall–Kier alpha value is -1.83. The lowest BCUT2D eigenvalue weighted by Crippen LogP contribution is -2.39. The molecule has 23 heavy (non-hydrogen) atoms. The third-order valence-corrected chi connectivity index (χ3v) is 6.06. The Morgan fingerprint density at radius 1 is 1.22 bits per heavy atom. The molecule has 1 N–H and O–H groups in total. The summed E-state index contributed by atoms with van der Waals surface area (Å²) < 4.78 is 40.4. The summed E-state index contributed by atoms with van der Waals surface area (Å²) in [5.74, 6) is -0.368. The summed E-state index contributed by atoms with van der Waals surface area (Å²) >= 11 is 0. The van der Waals surface area contributed by atoms with Gasteiger partial charge in [0.15, 0.2) is 0 Å². The molecule has 0 bridgehead atoms. The number of hydrogen-bond donors (Lipinski definition) is 1. The van der Waals surface area contributed by atoms with Gasteiger partial charge in [0.25, 0.3) is 0 Å². The van der Waals surface area contributed by atoms with Crippen molar-refractivity contribution < 1.29 is 17.9 Å². The number of rotatable bonds is 4. The maximum atomic E-state index is 13.1. The first kappa shape index (κ1) is 16.0. The van der Waals surface area contributed by atoms with Gasteiger partial charge in [0.1, 0.15) is 10.7 Å². The molecule has 0 unspecified atom stereocenters. The van der Waals surface area contributed by atoms with E-state index < -0.39 is 22.1 Å². The molecule has 1 aliphatic rings. The minimum atomic E-state index is -3.79. The number of nitrogens with zero attached hydrogens (tertiary/aromatic N) is 2. The molecule has 5 nitrogen and oxygen atoms in total. The second-order valence-electron chi connectivity index (χ2n) is 5.50. The monoisotopic (exact) mass is 336 g/mol. The van der Waals surface area contributed by atoms with Gasteiger partial charge < -0.3 is 5.11 Å². The fourth-order valence-electron chi connectivity index (χ4n) is 3.01. The van der Waals surface area contributed by atoms with Gasteiger partial charge in [-0.15, -0.1) is 0 Å². The Kier molecular flexibility index (Phi) is 4.43. The van der Waals surface area contributed by atoms with Crippen LogP contribution in [0.15, 0.2) is 53.7 Å². The van der Waals surface area contributed by atoms with Gasteiger partial charge in [-0.1, -0.05) is 12.1 Å². The van der Waals surface area contributed by atoms with Crippen LogP contribution in [-0.4, -0.2) is 35.5 Å². The van der Waals surface area contributed by atoms with Crippen molar-refractivity contribution in [2.45, 2.75) is 29.8 Å². The summed E-state index contributed by atoms with van der Waals surface area (Å²) in [5, 5.41) is 9.57. The zero-order chi connectivity index (χ0) is 16.4. The minimum absolute atomic E-state index is 0.0902. The number of benzene rings is 1. The molecule has 2 aromatic rings. The molecular weight excluding hydrogens is 319 g/mol. The second kappa shape index (κ2) is 6.35. The van der Waals surface area contributed by atoms with E-state index in [9.17, 15) is 17.9 Å². The number of aromatic nitrogens is 1. The van der Waals surface area contributed by atoms with Crippen LogP contribution in [0.5, 0.6) is 0 Å². The van der Waals surface area contributed by atoms with Crippen LogP contribution in [0.1, 0.15) is 24.4 Å². The lowest BCUT2D eigenvalue weighted by Gasteiger charge is -2.28. The summed E-state index contributed by atoms with van der Waals surface area (Å²) in [5.41, 5.74) is 0.717. The van der Waals surface area contributed by atoms with Gasteiger partial charge in [-0.3, -0.25) is 4.98 Å². The molecule has 7 heteroatoms. The molecule has 1 saturated heterocycles. The highest BCUT2D eigenvalue weighted by atomic mass is 32.2. The average Bonchev–Trinajstić information content (AvgIpc) is 3.01. The van der Waals surface area contributed by atoms with Crippen LogP contribution in [0, 0.1) is 5.82 Å². The summed E-state index contributed by atoms with van der Waals surface area (Å²) in [6.45, 7) is -0.253. The van der Waals surface area contributed by atoms with Crippen LogP contribution >= 0.6 is 0 Å². The molecule has 0 aliphatic carbocycles. The topological polar surface area (TPSA) is 70.5 Å². The van der Waals surface area contributed by atoms with Gasteiger partial charge in [0.05, 0.1) is 12.6 Å². The molecule has 1 aromatic heterocycles. The van der Waals surface area contributed by atoms with Crippen LogP contribution in [-0.2, 0) is 10.0 Å². The predicted molar refractivity (Wildman–Crippen MR) is 82.5 cm³/mol. The van der Waals surface area contributed by atoms with E-state index in [0.717, 1.165) is 5.56 Å². The van der Waals surface area contributed by atoms with Crippen molar-refractivity contribution in [3.63, 3.8) is 0 Å². The van der Waals surface area contributed by atoms with E-state index in [4.69, 9.17) is 0 Å². The summed E-state index contributed by atoms with van der Waals surface area (Å²) in [6, 6.07) is 7.94. The average molecular weight is 336 g/mol. The van der Waals surface area contributed by atoms with Crippen LogP contribution in [0.3, 0.4) is 0 Å². The summed E-state index contributed by atoms with van der Waals surface area (Å²) in [7, 11) is -3.79. The van der Waals surface area contributed by atoms with Crippen molar-refractivity contribution in [2.24, 2.45) is 0 Å². The Labute approximate surface area is 134 Å². The third-order valence-electron chi connectivity index (χ3n) is 4.12. The van der Waals surface area contributed by atoms with Crippen molar-refractivity contribution in [3.05, 3.63) is 60.2 Å². The van der Waals surface area contributed by atoms with Gasteiger partial charge in [0, 0.05) is 18.4 Å². The van der Waals surface area contributed by atoms with Gasteiger partial charge in [-0.25, -0.2) is 12.8 Å². The van der Waals surface area contributed by atoms with Crippen molar-refractivity contribution >= 4 is 10.0 Å². The maximum Gasteiger partial charge on any atom is 0.245 e. The van der Waals surface area contributed by atoms with E-state index in [0.29, 0.717) is 12.8 Å². The number of aliphatic hydroxyl groups excluding tert-OH is 1. The van der Waals surface area contributed by atoms with Crippen molar-refractivity contribution in [3.8, 4) is 0 Å². The zero-order valence-electron chi connectivity index (χ0n) is 12.3. The highest BCUT2D eigenvalue weighted by Crippen LogP contribution is 2.40. The fraction of sp³-hybridized carbons (Fsp3) is 0.312. The molecule has 1 aromatic carbocycles. The fourth-order valence-corrected chi connectivity index (χ4v) is 4.83. The molecule has 0 radical (unpaired) electrons. The van der Waals surface area contributed by atoms with Crippen LogP contribution in [0.25, 0.3) is 0 Å². The molecule has 1 aliphatic heterocycles. The molecule has 0 spiro atoms. The molecule has 2 atom stereocenters. The Balaban J connectivity index is 2.03. The van der Waals surface area contributed by atoms with E-state index in [2.05, 4.69) is 4.98 Å². The third kappa shape index (κ3) is 2.99. The van der Waals surface area contributed by atoms with Crippen molar-refractivity contribution in [1.82, 2.24) is 9.29 Å². The maximum absolute atomic E-state index is 13.1. The van der Waals surface area contributed by atoms with E-state index in [1.54, 1.807) is 18.2 Å². The molecule has 0 amide bonds. The van der Waals surface area contributed by atoms with Crippen LogP contribution in [0.2, 0.25) is 0 Å². The minimum Gasteiger partial charge on any atom is -0.395 e. The first-order valence-corrected chi connectivity index (χ1v) is 8.78. The SMILES string of the molecule is O=S(=O)(c1cccnc1)N1[C@H](CO)CC[C@@H]1c1ccc(F)cc1. The van der Waals surface area contributed by atoms with Crippen LogP contribution < -0.4 is 0 Å². The highest BCUT2D eigenvalue weighted by Gasteiger charge is 2.42. The number of aliphatic hydroxyl groups is 1. The number of sulfonamides is 1. The van der Waals surface area contributed by atoms with Gasteiger partial charge >= 0.3 is 0 Å². The molecule has 3 rings (SSSR count). The first-order valence-electron chi connectivity index (χ1n) is 7.34. The number of pyridine rings is 1. The summed E-state index contributed by atoms with van der Waals surface area (Å²) in [4.78, 5) is 3.95. The Bertz CT molecular complexity index is 766. The normalized spacial score (nSPS) is 22.3. The van der Waals surface area contributed by atoms with E-state index in [1.165, 1.54) is 34.9 Å². The van der Waals surface area contributed by atoms with Crippen molar-refractivity contribution in [1.29, 1.82) is 0 Å². The standard InChI is InChI=1S/C16H17FN2O3S/c17-13-5-3-12(4-6-13)16-8-7-14(11-20)19(16)23(21,22)15-2-1-9-18-10-15/h1-6,9-10,14,16,20H,7-8,11H2/t14-,16+/m0/s1. The van der Waals surface area contributed by atoms with Crippen molar-refractivity contribution in [2.75, 3.05) is 6.61 Å². The smallest absolute Gasteiger partial charge is 0.245 e. The van der Waals surface area contributed by atoms with E-state index in [1.807, 2.05) is 0 Å². The first-order chi connectivity index (χ1) is 11.0. The molecule has 122 valence electrons. The zero-order valence-corrected chi connectivity index (χ0v) is 13.2. The molecule has 0 saturated carbocycles. The van der Waals surface area contributed by atoms with Gasteiger partial charge in [0.2, 0.25) is 10.0 Å². The Morgan fingerprint density at radius 3 is 2.57 bits per heavy atom. The molecular formula is C16H17FN2O3S. The Morgan fingerprint density at radius 2 is 1.96 bits per heavy atom. The summed E-state index contributed by atoms with van der Waals surface area (Å²) in [6.07, 6.45) is 3.93. The van der Waals surface area contributed by atoms with E-state index in [-0.39, 0.29) is 17.3 Å². The number of halogens is 1.